The first-order valence-electron chi connectivity index (χ1n) is 7.94. The van der Waals surface area contributed by atoms with E-state index < -0.39 is 11.7 Å². The predicted octanol–water partition coefficient (Wildman–Crippen LogP) is 3.04. The van der Waals surface area contributed by atoms with E-state index in [4.69, 9.17) is 5.73 Å². The Morgan fingerprint density at radius 3 is 2.42 bits per heavy atom. The van der Waals surface area contributed by atoms with Gasteiger partial charge in [-0.25, -0.2) is 4.39 Å². The van der Waals surface area contributed by atoms with Gasteiger partial charge in [-0.15, -0.1) is 0 Å². The Labute approximate surface area is 139 Å². The number of halogens is 1. The molecule has 2 amide bonds. The van der Waals surface area contributed by atoms with Crippen LogP contribution < -0.4 is 11.1 Å². The van der Waals surface area contributed by atoms with Gasteiger partial charge in [0.25, 0.3) is 5.91 Å². The van der Waals surface area contributed by atoms with Gasteiger partial charge in [-0.2, -0.15) is 0 Å². The minimum absolute atomic E-state index is 0.268. The van der Waals surface area contributed by atoms with Gasteiger partial charge in [-0.05, 0) is 66.6 Å². The zero-order valence-electron chi connectivity index (χ0n) is 13.4. The molecular weight excluding hydrogens is 307 g/mol. The van der Waals surface area contributed by atoms with E-state index in [2.05, 4.69) is 5.32 Å². The van der Waals surface area contributed by atoms with E-state index in [1.54, 1.807) is 37.3 Å². The van der Waals surface area contributed by atoms with Crippen LogP contribution in [-0.2, 0) is 0 Å². The Balaban J connectivity index is 1.91. The number of nitrogens with one attached hydrogen (secondary N) is 1. The highest BCUT2D eigenvalue weighted by molar-refractivity contribution is 5.96. The van der Waals surface area contributed by atoms with E-state index in [1.807, 2.05) is 0 Å². The third-order valence-corrected chi connectivity index (χ3v) is 4.34. The van der Waals surface area contributed by atoms with Gasteiger partial charge in [0.1, 0.15) is 5.82 Å². The topological polar surface area (TPSA) is 72.2 Å². The summed E-state index contributed by atoms with van der Waals surface area (Å²) in [5.41, 5.74) is 7.73. The maximum atomic E-state index is 14.3. The molecule has 5 heteroatoms. The lowest BCUT2D eigenvalue weighted by atomic mass is 9.96. The number of primary amides is 1. The van der Waals surface area contributed by atoms with E-state index in [0.29, 0.717) is 34.7 Å². The van der Waals surface area contributed by atoms with E-state index >= 15 is 0 Å². The van der Waals surface area contributed by atoms with Crippen LogP contribution in [0.5, 0.6) is 0 Å². The molecule has 1 aliphatic carbocycles. The lowest BCUT2D eigenvalue weighted by molar-refractivity contribution is 0.0950. The van der Waals surface area contributed by atoms with Crippen LogP contribution in [0.3, 0.4) is 0 Å². The molecule has 124 valence electrons. The molecule has 1 fully saturated rings. The molecule has 0 bridgehead atoms. The number of rotatable bonds is 5. The highest BCUT2D eigenvalue weighted by atomic mass is 19.1. The summed E-state index contributed by atoms with van der Waals surface area (Å²) >= 11 is 0. The van der Waals surface area contributed by atoms with Crippen LogP contribution >= 0.6 is 0 Å². The maximum Gasteiger partial charge on any atom is 0.251 e. The van der Waals surface area contributed by atoms with Crippen LogP contribution in [0.4, 0.5) is 4.39 Å². The van der Waals surface area contributed by atoms with Crippen molar-refractivity contribution >= 4 is 11.8 Å². The number of hydrogen-bond donors (Lipinski definition) is 2. The molecule has 0 spiro atoms. The fourth-order valence-corrected chi connectivity index (χ4v) is 2.58. The van der Waals surface area contributed by atoms with Crippen LogP contribution in [-0.4, -0.2) is 18.4 Å². The first kappa shape index (κ1) is 16.2. The number of benzene rings is 2. The Bertz CT molecular complexity index is 796. The van der Waals surface area contributed by atoms with Crippen molar-refractivity contribution in [3.05, 3.63) is 58.9 Å². The monoisotopic (exact) mass is 326 g/mol. The first-order valence-corrected chi connectivity index (χ1v) is 7.94. The average Bonchev–Trinajstić information content (AvgIpc) is 3.39. The van der Waals surface area contributed by atoms with Gasteiger partial charge in [0.05, 0.1) is 0 Å². The molecule has 4 nitrogen and oxygen atoms in total. The molecule has 2 aromatic carbocycles. The van der Waals surface area contributed by atoms with E-state index in [-0.39, 0.29) is 5.91 Å². The summed E-state index contributed by atoms with van der Waals surface area (Å²) in [4.78, 5) is 23.4. The fourth-order valence-electron chi connectivity index (χ4n) is 2.58. The Kier molecular flexibility index (Phi) is 4.34. The Morgan fingerprint density at radius 2 is 1.83 bits per heavy atom. The van der Waals surface area contributed by atoms with Crippen molar-refractivity contribution in [3.8, 4) is 11.1 Å². The molecule has 0 aromatic heterocycles. The minimum Gasteiger partial charge on any atom is -0.366 e. The molecular formula is C19H19FN2O2. The summed E-state index contributed by atoms with van der Waals surface area (Å²) in [7, 11) is 0. The zero-order chi connectivity index (χ0) is 17.3. The molecule has 2 aromatic rings. The van der Waals surface area contributed by atoms with Crippen LogP contribution in [0.15, 0.2) is 36.4 Å². The fraction of sp³-hybridized carbons (Fsp3) is 0.263. The summed E-state index contributed by atoms with van der Waals surface area (Å²) in [5.74, 6) is -0.651. The molecule has 3 N–H and O–H groups in total. The molecule has 0 radical (unpaired) electrons. The van der Waals surface area contributed by atoms with Crippen molar-refractivity contribution in [3.63, 3.8) is 0 Å². The smallest absolute Gasteiger partial charge is 0.251 e. The third kappa shape index (κ3) is 3.45. The van der Waals surface area contributed by atoms with E-state index in [1.165, 1.54) is 6.07 Å². The van der Waals surface area contributed by atoms with Crippen molar-refractivity contribution in [2.45, 2.75) is 19.8 Å². The van der Waals surface area contributed by atoms with Crippen molar-refractivity contribution < 1.29 is 14.0 Å². The maximum absolute atomic E-state index is 14.3. The number of amides is 2. The first-order chi connectivity index (χ1) is 11.5. The summed E-state index contributed by atoms with van der Waals surface area (Å²) in [6.07, 6.45) is 2.28. The minimum atomic E-state index is -0.516. The van der Waals surface area contributed by atoms with Gasteiger partial charge >= 0.3 is 0 Å². The standard InChI is InChI=1S/C19H19FN2O2/c1-11-16(13-4-6-14(7-5-13)18(21)23)8-15(9-17(11)20)19(24)22-10-12-2-3-12/h4-9,12H,2-3,10H2,1H3,(H2,21,23)(H,22,24). The van der Waals surface area contributed by atoms with Crippen molar-refractivity contribution in [2.75, 3.05) is 6.54 Å². The quantitative estimate of drug-likeness (QED) is 0.886. The summed E-state index contributed by atoms with van der Waals surface area (Å²) in [5, 5.41) is 2.84. The van der Waals surface area contributed by atoms with Gasteiger partial charge < -0.3 is 11.1 Å². The van der Waals surface area contributed by atoms with Crippen molar-refractivity contribution in [1.82, 2.24) is 5.32 Å². The lowest BCUT2D eigenvalue weighted by Gasteiger charge is -2.11. The highest BCUT2D eigenvalue weighted by Gasteiger charge is 2.22. The summed E-state index contributed by atoms with van der Waals surface area (Å²) in [6, 6.07) is 9.53. The van der Waals surface area contributed by atoms with Crippen LogP contribution in [0, 0.1) is 18.7 Å². The van der Waals surface area contributed by atoms with Crippen LogP contribution in [0.2, 0.25) is 0 Å². The average molecular weight is 326 g/mol. The molecule has 1 saturated carbocycles. The Hall–Kier alpha value is -2.69. The SMILES string of the molecule is Cc1c(F)cc(C(=O)NCC2CC2)cc1-c1ccc(C(N)=O)cc1. The molecule has 0 unspecified atom stereocenters. The summed E-state index contributed by atoms with van der Waals surface area (Å²) < 4.78 is 14.3. The second-order valence-electron chi connectivity index (χ2n) is 6.23. The molecule has 0 aliphatic heterocycles. The van der Waals surface area contributed by atoms with Gasteiger partial charge in [0.2, 0.25) is 5.91 Å². The molecule has 24 heavy (non-hydrogen) atoms. The third-order valence-electron chi connectivity index (χ3n) is 4.34. The second kappa shape index (κ2) is 6.43. The molecule has 0 saturated heterocycles. The number of carbonyl (C=O) groups excluding carboxylic acids is 2. The summed E-state index contributed by atoms with van der Waals surface area (Å²) in [6.45, 7) is 2.30. The van der Waals surface area contributed by atoms with E-state index in [0.717, 1.165) is 18.4 Å². The van der Waals surface area contributed by atoms with Gasteiger partial charge in [0, 0.05) is 17.7 Å². The number of nitrogens with two attached hydrogens (primary N) is 1. The van der Waals surface area contributed by atoms with Crippen molar-refractivity contribution in [1.29, 1.82) is 0 Å². The van der Waals surface area contributed by atoms with E-state index in [9.17, 15) is 14.0 Å². The van der Waals surface area contributed by atoms with Gasteiger partial charge in [-0.3, -0.25) is 9.59 Å². The predicted molar refractivity (Wildman–Crippen MR) is 90.1 cm³/mol. The van der Waals surface area contributed by atoms with Crippen LogP contribution in [0.25, 0.3) is 11.1 Å². The lowest BCUT2D eigenvalue weighted by Crippen LogP contribution is -2.25. The van der Waals surface area contributed by atoms with Crippen molar-refractivity contribution in [2.24, 2.45) is 11.7 Å². The Morgan fingerprint density at radius 1 is 1.17 bits per heavy atom. The largest absolute Gasteiger partial charge is 0.366 e. The molecule has 0 heterocycles. The zero-order valence-corrected chi connectivity index (χ0v) is 13.4. The van der Waals surface area contributed by atoms with Gasteiger partial charge in [-0.1, -0.05) is 12.1 Å². The molecule has 0 atom stereocenters. The number of carbonyl (C=O) groups is 2. The molecule has 3 rings (SSSR count). The highest BCUT2D eigenvalue weighted by Crippen LogP contribution is 2.29. The normalized spacial score (nSPS) is 13.6. The number of hydrogen-bond acceptors (Lipinski definition) is 2. The van der Waals surface area contributed by atoms with Crippen LogP contribution in [0.1, 0.15) is 39.1 Å². The second-order valence-corrected chi connectivity index (χ2v) is 6.23. The van der Waals surface area contributed by atoms with Gasteiger partial charge in [0.15, 0.2) is 0 Å². The molecule has 1 aliphatic rings.